The second kappa shape index (κ2) is 10.6. The molecule has 0 radical (unpaired) electrons. The molecule has 0 spiro atoms. The van der Waals surface area contributed by atoms with E-state index in [1.54, 1.807) is 0 Å². The normalized spacial score (nSPS) is 14.8. The van der Waals surface area contributed by atoms with Crippen molar-refractivity contribution in [1.29, 1.82) is 0 Å². The largest absolute Gasteiger partial charge is 0.460 e. The first kappa shape index (κ1) is 31.8. The maximum atomic E-state index is 13.8. The first-order chi connectivity index (χ1) is 15.5. The summed E-state index contributed by atoms with van der Waals surface area (Å²) in [6.45, 7) is -0.247. The zero-order chi connectivity index (χ0) is 27.7. The fourth-order valence-electron chi connectivity index (χ4n) is 2.30. The highest BCUT2D eigenvalue weighted by molar-refractivity contribution is 14.1. The van der Waals surface area contributed by atoms with Crippen LogP contribution < -0.4 is 5.32 Å². The smallest absolute Gasteiger partial charge is 0.352 e. The van der Waals surface area contributed by atoms with Crippen molar-refractivity contribution in [2.75, 3.05) is 6.54 Å². The molecule has 0 bridgehead atoms. The molecule has 200 valence electrons. The standard InChI is InChI=1S/C18H12BrF13INO/c19-10-5-3-9(4-6-10)12(35)34-7-1-2-11(33)8-13(20,21)14(22,23)15(24,25)16(26,27)17(28,29)18(30,31)32/h3-6,8H,1-2,7H2,(H,34,35). The zero-order valence-corrected chi connectivity index (χ0v) is 20.3. The van der Waals surface area contributed by atoms with E-state index < -0.39 is 57.8 Å². The number of rotatable bonds is 10. The highest BCUT2D eigenvalue weighted by Crippen LogP contribution is 2.60. The van der Waals surface area contributed by atoms with Crippen LogP contribution in [0.1, 0.15) is 23.2 Å². The summed E-state index contributed by atoms with van der Waals surface area (Å²) in [4.78, 5) is 11.9. The predicted octanol–water partition coefficient (Wildman–Crippen LogP) is 8.02. The van der Waals surface area contributed by atoms with Gasteiger partial charge in [-0.15, -0.1) is 0 Å². The Kier molecular flexibility index (Phi) is 9.63. The molecule has 17 heteroatoms. The minimum atomic E-state index is -7.93. The Balaban J connectivity index is 2.96. The van der Waals surface area contributed by atoms with Gasteiger partial charge < -0.3 is 5.32 Å². The van der Waals surface area contributed by atoms with E-state index in [-0.39, 0.29) is 18.5 Å². The van der Waals surface area contributed by atoms with Gasteiger partial charge in [-0.05, 0) is 63.3 Å². The van der Waals surface area contributed by atoms with E-state index in [9.17, 15) is 61.9 Å². The second-order valence-electron chi connectivity index (χ2n) is 6.88. The van der Waals surface area contributed by atoms with Crippen molar-refractivity contribution in [1.82, 2.24) is 5.32 Å². The van der Waals surface area contributed by atoms with E-state index in [4.69, 9.17) is 0 Å². The van der Waals surface area contributed by atoms with Gasteiger partial charge in [0.25, 0.3) is 5.91 Å². The van der Waals surface area contributed by atoms with Crippen LogP contribution in [0.5, 0.6) is 0 Å². The van der Waals surface area contributed by atoms with Gasteiger partial charge in [0.1, 0.15) is 0 Å². The average molecular weight is 712 g/mol. The van der Waals surface area contributed by atoms with Gasteiger partial charge in [-0.2, -0.15) is 57.1 Å². The Morgan fingerprint density at radius 1 is 0.800 bits per heavy atom. The highest BCUT2D eigenvalue weighted by Gasteiger charge is 2.90. The molecule has 1 aromatic rings. The quantitative estimate of drug-likeness (QED) is 0.149. The summed E-state index contributed by atoms with van der Waals surface area (Å²) in [6, 6.07) is 5.85. The minimum absolute atomic E-state index is 0.184. The number of alkyl halides is 13. The maximum Gasteiger partial charge on any atom is 0.460 e. The van der Waals surface area contributed by atoms with Crippen LogP contribution in [-0.2, 0) is 0 Å². The number of carbonyl (C=O) groups is 1. The summed E-state index contributed by atoms with van der Waals surface area (Å²) in [5.74, 6) is -37.8. The average Bonchev–Trinajstić information content (AvgIpc) is 2.69. The topological polar surface area (TPSA) is 29.1 Å². The molecule has 0 aliphatic carbocycles. The molecule has 0 fully saturated rings. The molecule has 0 saturated heterocycles. The summed E-state index contributed by atoms with van der Waals surface area (Å²) < 4.78 is 170. The molecule has 1 N–H and O–H groups in total. The van der Waals surface area contributed by atoms with Crippen LogP contribution in [0.25, 0.3) is 0 Å². The third-order valence-electron chi connectivity index (χ3n) is 4.28. The van der Waals surface area contributed by atoms with E-state index in [0.29, 0.717) is 4.47 Å². The van der Waals surface area contributed by atoms with Crippen LogP contribution in [0.15, 0.2) is 38.4 Å². The number of carbonyl (C=O) groups excluding carboxylic acids is 1. The first-order valence-electron chi connectivity index (χ1n) is 8.89. The molecule has 2 nitrogen and oxygen atoms in total. The lowest BCUT2D eigenvalue weighted by molar-refractivity contribution is -0.436. The number of hydrogen-bond donors (Lipinski definition) is 1. The van der Waals surface area contributed by atoms with Crippen LogP contribution in [0.2, 0.25) is 0 Å². The molecule has 35 heavy (non-hydrogen) atoms. The minimum Gasteiger partial charge on any atom is -0.352 e. The van der Waals surface area contributed by atoms with Crippen molar-refractivity contribution in [3.05, 3.63) is 44.0 Å². The van der Waals surface area contributed by atoms with Crippen LogP contribution in [0.4, 0.5) is 57.1 Å². The number of nitrogens with one attached hydrogen (secondary N) is 1. The summed E-state index contributed by atoms with van der Waals surface area (Å²) in [5, 5.41) is 2.31. The molecular weight excluding hydrogens is 700 g/mol. The molecule has 1 aromatic carbocycles. The van der Waals surface area contributed by atoms with Crippen LogP contribution >= 0.6 is 38.5 Å². The van der Waals surface area contributed by atoms with Gasteiger partial charge in [0.05, 0.1) is 0 Å². The fourth-order valence-corrected chi connectivity index (χ4v) is 3.34. The molecule has 0 aliphatic rings. The maximum absolute atomic E-state index is 13.8. The van der Waals surface area contributed by atoms with Gasteiger partial charge in [0.15, 0.2) is 0 Å². The van der Waals surface area contributed by atoms with Crippen molar-refractivity contribution in [3.63, 3.8) is 0 Å². The fraction of sp³-hybridized carbons (Fsp3) is 0.500. The van der Waals surface area contributed by atoms with E-state index >= 15 is 0 Å². The molecule has 0 heterocycles. The van der Waals surface area contributed by atoms with Gasteiger partial charge in [0.2, 0.25) is 0 Å². The highest BCUT2D eigenvalue weighted by atomic mass is 127. The Morgan fingerprint density at radius 2 is 1.26 bits per heavy atom. The number of hydrogen-bond acceptors (Lipinski definition) is 1. The monoisotopic (exact) mass is 711 g/mol. The van der Waals surface area contributed by atoms with E-state index in [0.717, 1.165) is 22.6 Å². The number of halogens is 15. The van der Waals surface area contributed by atoms with Gasteiger partial charge >= 0.3 is 35.8 Å². The van der Waals surface area contributed by atoms with Crippen molar-refractivity contribution >= 4 is 44.4 Å². The predicted molar refractivity (Wildman–Crippen MR) is 109 cm³/mol. The van der Waals surface area contributed by atoms with E-state index in [1.807, 2.05) is 0 Å². The molecule has 1 amide bonds. The summed E-state index contributed by atoms with van der Waals surface area (Å²) in [5.41, 5.74) is 0.184. The zero-order valence-electron chi connectivity index (χ0n) is 16.6. The van der Waals surface area contributed by atoms with Gasteiger partial charge in [0, 0.05) is 22.7 Å². The van der Waals surface area contributed by atoms with E-state index in [1.165, 1.54) is 24.3 Å². The van der Waals surface area contributed by atoms with Gasteiger partial charge in [-0.1, -0.05) is 15.9 Å². The summed E-state index contributed by atoms with van der Waals surface area (Å²) in [6.07, 6.45) is -9.25. The molecule has 1 rings (SSSR count). The van der Waals surface area contributed by atoms with Crippen LogP contribution in [-0.4, -0.2) is 48.2 Å². The lowest BCUT2D eigenvalue weighted by atomic mass is 9.93. The molecule has 0 aromatic heterocycles. The van der Waals surface area contributed by atoms with Gasteiger partial charge in [-0.3, -0.25) is 4.79 Å². The SMILES string of the molecule is O=C(NCCCC(I)=CC(F)(F)C(F)(F)C(F)(F)C(F)(F)C(F)(F)C(F)(F)F)c1ccc(Br)cc1. The Bertz CT molecular complexity index is 929. The third kappa shape index (κ3) is 6.36. The molecule has 0 saturated carbocycles. The molecule has 0 aliphatic heterocycles. The summed E-state index contributed by atoms with van der Waals surface area (Å²) >= 11 is 4.05. The first-order valence-corrected chi connectivity index (χ1v) is 10.8. The summed E-state index contributed by atoms with van der Waals surface area (Å²) in [7, 11) is 0. The van der Waals surface area contributed by atoms with Crippen LogP contribution in [0, 0.1) is 0 Å². The lowest BCUT2D eigenvalue weighted by Gasteiger charge is -2.39. The second-order valence-corrected chi connectivity index (χ2v) is 9.18. The Labute approximate surface area is 210 Å². The van der Waals surface area contributed by atoms with Crippen molar-refractivity contribution in [2.45, 2.75) is 48.6 Å². The van der Waals surface area contributed by atoms with Gasteiger partial charge in [-0.25, -0.2) is 0 Å². The number of allylic oxidation sites excluding steroid dienone is 2. The van der Waals surface area contributed by atoms with Crippen molar-refractivity contribution in [3.8, 4) is 0 Å². The number of amides is 1. The van der Waals surface area contributed by atoms with Crippen molar-refractivity contribution < 1.29 is 61.9 Å². The molecule has 0 atom stereocenters. The van der Waals surface area contributed by atoms with E-state index in [2.05, 4.69) is 21.2 Å². The molecule has 0 unspecified atom stereocenters. The molecular formula is C18H12BrF13INO. The Morgan fingerprint density at radius 3 is 1.71 bits per heavy atom. The lowest BCUT2D eigenvalue weighted by Crippen LogP contribution is -2.69. The number of benzene rings is 1. The van der Waals surface area contributed by atoms with Crippen LogP contribution in [0.3, 0.4) is 0 Å². The third-order valence-corrected chi connectivity index (χ3v) is 5.66. The van der Waals surface area contributed by atoms with Crippen molar-refractivity contribution in [2.24, 2.45) is 0 Å². The Hall–Kier alpha value is -1.27.